The summed E-state index contributed by atoms with van der Waals surface area (Å²) in [6, 6.07) is 0. The molecule has 0 aliphatic heterocycles. The summed E-state index contributed by atoms with van der Waals surface area (Å²) in [5.74, 6) is -0.111. The van der Waals surface area contributed by atoms with Gasteiger partial charge in [0.05, 0.1) is 0 Å². The fourth-order valence-corrected chi connectivity index (χ4v) is 2.44. The van der Waals surface area contributed by atoms with Crippen LogP contribution in [0.15, 0.2) is 0 Å². The summed E-state index contributed by atoms with van der Waals surface area (Å²) < 4.78 is 0. The zero-order valence-corrected chi connectivity index (χ0v) is 11.8. The Bertz CT molecular complexity index is 323. The van der Waals surface area contributed by atoms with Gasteiger partial charge in [-0.15, -0.1) is 0 Å². The normalized spacial score (nSPS) is 22.6. The molecular weight excluding hydrogens is 230 g/mol. The third-order valence-corrected chi connectivity index (χ3v) is 3.66. The van der Waals surface area contributed by atoms with E-state index in [9.17, 15) is 9.59 Å². The van der Waals surface area contributed by atoms with Crippen molar-refractivity contribution in [2.24, 2.45) is 23.2 Å². The Kier molecular flexibility index (Phi) is 4.77. The van der Waals surface area contributed by atoms with Crippen molar-refractivity contribution in [3.8, 4) is 0 Å². The van der Waals surface area contributed by atoms with Gasteiger partial charge in [-0.1, -0.05) is 27.7 Å². The summed E-state index contributed by atoms with van der Waals surface area (Å²) in [4.78, 5) is 22.6. The number of carbonyl (C=O) groups excluding carboxylic acids is 1. The summed E-state index contributed by atoms with van der Waals surface area (Å²) >= 11 is 0. The molecular formula is C14H25NO3. The first-order chi connectivity index (χ1) is 8.22. The predicted molar refractivity (Wildman–Crippen MR) is 70.1 cm³/mol. The molecule has 4 heteroatoms. The highest BCUT2D eigenvalue weighted by molar-refractivity contribution is 5.82. The van der Waals surface area contributed by atoms with Crippen molar-refractivity contribution in [2.75, 3.05) is 6.54 Å². The van der Waals surface area contributed by atoms with Crippen molar-refractivity contribution in [2.45, 2.75) is 47.0 Å². The molecule has 1 aliphatic carbocycles. The minimum atomic E-state index is -0.790. The summed E-state index contributed by atoms with van der Waals surface area (Å²) in [5.41, 5.74) is 0.129. The lowest BCUT2D eigenvalue weighted by Crippen LogP contribution is -2.33. The monoisotopic (exact) mass is 255 g/mol. The van der Waals surface area contributed by atoms with E-state index in [0.717, 1.165) is 12.8 Å². The Hall–Kier alpha value is -1.06. The minimum Gasteiger partial charge on any atom is -0.481 e. The van der Waals surface area contributed by atoms with Gasteiger partial charge in [-0.25, -0.2) is 0 Å². The molecule has 4 nitrogen and oxygen atoms in total. The first-order valence-electron chi connectivity index (χ1n) is 6.72. The summed E-state index contributed by atoms with van der Waals surface area (Å²) in [6.07, 6.45) is 1.90. The van der Waals surface area contributed by atoms with E-state index < -0.39 is 5.97 Å². The number of amides is 1. The molecule has 2 unspecified atom stereocenters. The molecule has 1 saturated carbocycles. The zero-order valence-electron chi connectivity index (χ0n) is 11.8. The standard InChI is InChI=1S/C14H25NO3/c1-9(2)5-10(6-12(16)17)8-15-13(18)11-7-14(11,3)4/h9-11H,5-8H2,1-4H3,(H,15,18)(H,16,17). The van der Waals surface area contributed by atoms with E-state index in [1.807, 2.05) is 0 Å². The average molecular weight is 255 g/mol. The van der Waals surface area contributed by atoms with E-state index >= 15 is 0 Å². The highest BCUT2D eigenvalue weighted by Crippen LogP contribution is 2.51. The molecule has 0 saturated heterocycles. The highest BCUT2D eigenvalue weighted by atomic mass is 16.4. The van der Waals surface area contributed by atoms with E-state index in [-0.39, 0.29) is 29.6 Å². The van der Waals surface area contributed by atoms with Gasteiger partial charge in [-0.2, -0.15) is 0 Å². The van der Waals surface area contributed by atoms with Crippen LogP contribution in [0.1, 0.15) is 47.0 Å². The topological polar surface area (TPSA) is 66.4 Å². The van der Waals surface area contributed by atoms with Crippen LogP contribution in [0.5, 0.6) is 0 Å². The molecule has 0 radical (unpaired) electrons. The summed E-state index contributed by atoms with van der Waals surface area (Å²) in [6.45, 7) is 8.79. The Morgan fingerprint density at radius 3 is 2.33 bits per heavy atom. The molecule has 0 bridgehead atoms. The Labute approximate surface area is 109 Å². The lowest BCUT2D eigenvalue weighted by Gasteiger charge is -2.18. The van der Waals surface area contributed by atoms with Crippen LogP contribution >= 0.6 is 0 Å². The van der Waals surface area contributed by atoms with Crippen molar-refractivity contribution in [1.82, 2.24) is 5.32 Å². The lowest BCUT2D eigenvalue weighted by atomic mass is 9.94. The van der Waals surface area contributed by atoms with Gasteiger partial charge in [0.2, 0.25) is 5.91 Å². The number of hydrogen-bond donors (Lipinski definition) is 2. The van der Waals surface area contributed by atoms with Crippen LogP contribution in [0.3, 0.4) is 0 Å². The first kappa shape index (κ1) is 15.0. The van der Waals surface area contributed by atoms with Gasteiger partial charge in [-0.3, -0.25) is 9.59 Å². The highest BCUT2D eigenvalue weighted by Gasteiger charge is 2.50. The molecule has 104 valence electrons. The maximum absolute atomic E-state index is 11.8. The third-order valence-electron chi connectivity index (χ3n) is 3.66. The van der Waals surface area contributed by atoms with Crippen LogP contribution in [0.4, 0.5) is 0 Å². The second-order valence-electron chi connectivity index (χ2n) is 6.58. The number of carboxylic acids is 1. The number of carbonyl (C=O) groups is 2. The SMILES string of the molecule is CC(C)CC(CNC(=O)C1CC1(C)C)CC(=O)O. The summed E-state index contributed by atoms with van der Waals surface area (Å²) in [5, 5.41) is 11.8. The molecule has 0 aromatic heterocycles. The Balaban J connectivity index is 2.37. The second-order valence-corrected chi connectivity index (χ2v) is 6.58. The molecule has 0 heterocycles. The van der Waals surface area contributed by atoms with E-state index in [4.69, 9.17) is 5.11 Å². The Morgan fingerprint density at radius 1 is 1.39 bits per heavy atom. The van der Waals surface area contributed by atoms with Crippen molar-refractivity contribution < 1.29 is 14.7 Å². The van der Waals surface area contributed by atoms with Crippen LogP contribution in [0.2, 0.25) is 0 Å². The Morgan fingerprint density at radius 2 is 1.94 bits per heavy atom. The number of rotatable bonds is 7. The molecule has 1 aliphatic rings. The van der Waals surface area contributed by atoms with Crippen molar-refractivity contribution >= 4 is 11.9 Å². The van der Waals surface area contributed by atoms with Gasteiger partial charge in [-0.05, 0) is 30.1 Å². The number of carboxylic acid groups (broad SMARTS) is 1. The van der Waals surface area contributed by atoms with E-state index in [1.165, 1.54) is 0 Å². The number of aliphatic carboxylic acids is 1. The average Bonchev–Trinajstić information content (AvgIpc) is 2.82. The number of hydrogen-bond acceptors (Lipinski definition) is 2. The largest absolute Gasteiger partial charge is 0.481 e. The molecule has 18 heavy (non-hydrogen) atoms. The molecule has 2 atom stereocenters. The zero-order chi connectivity index (χ0) is 13.9. The van der Waals surface area contributed by atoms with Crippen molar-refractivity contribution in [3.63, 3.8) is 0 Å². The van der Waals surface area contributed by atoms with Crippen LogP contribution in [0, 0.1) is 23.2 Å². The van der Waals surface area contributed by atoms with Gasteiger partial charge >= 0.3 is 5.97 Å². The third kappa shape index (κ3) is 4.67. The quantitative estimate of drug-likeness (QED) is 0.733. The molecule has 0 aromatic carbocycles. The fourth-order valence-electron chi connectivity index (χ4n) is 2.44. The van der Waals surface area contributed by atoms with Gasteiger partial charge in [0.1, 0.15) is 0 Å². The smallest absolute Gasteiger partial charge is 0.303 e. The van der Waals surface area contributed by atoms with Gasteiger partial charge in [0, 0.05) is 18.9 Å². The summed E-state index contributed by atoms with van der Waals surface area (Å²) in [7, 11) is 0. The second kappa shape index (κ2) is 5.72. The maximum Gasteiger partial charge on any atom is 0.303 e. The van der Waals surface area contributed by atoms with Crippen molar-refractivity contribution in [3.05, 3.63) is 0 Å². The van der Waals surface area contributed by atoms with Gasteiger partial charge in [0.15, 0.2) is 0 Å². The van der Waals surface area contributed by atoms with Crippen LogP contribution < -0.4 is 5.32 Å². The molecule has 2 N–H and O–H groups in total. The molecule has 0 aromatic rings. The van der Waals surface area contributed by atoms with E-state index in [0.29, 0.717) is 12.5 Å². The van der Waals surface area contributed by atoms with Gasteiger partial charge in [0.25, 0.3) is 0 Å². The number of nitrogens with one attached hydrogen (secondary N) is 1. The minimum absolute atomic E-state index is 0.0355. The van der Waals surface area contributed by atoms with E-state index in [2.05, 4.69) is 33.0 Å². The molecule has 1 rings (SSSR count). The first-order valence-corrected chi connectivity index (χ1v) is 6.72. The van der Waals surface area contributed by atoms with Crippen molar-refractivity contribution in [1.29, 1.82) is 0 Å². The van der Waals surface area contributed by atoms with E-state index in [1.54, 1.807) is 0 Å². The molecule has 1 amide bonds. The molecule has 1 fully saturated rings. The van der Waals surface area contributed by atoms with Gasteiger partial charge < -0.3 is 10.4 Å². The van der Waals surface area contributed by atoms with Crippen LogP contribution in [-0.2, 0) is 9.59 Å². The fraction of sp³-hybridized carbons (Fsp3) is 0.857. The lowest BCUT2D eigenvalue weighted by molar-refractivity contribution is -0.138. The maximum atomic E-state index is 11.8. The van der Waals surface area contributed by atoms with Crippen LogP contribution in [0.25, 0.3) is 0 Å². The predicted octanol–water partition coefficient (Wildman–Crippen LogP) is 2.29. The van der Waals surface area contributed by atoms with Crippen LogP contribution in [-0.4, -0.2) is 23.5 Å². The molecule has 0 spiro atoms.